The topological polar surface area (TPSA) is 103 Å². The van der Waals surface area contributed by atoms with Gasteiger partial charge < -0.3 is 15.7 Å². The number of carbonyl (C=O) groups is 1. The highest BCUT2D eigenvalue weighted by atomic mass is 32.2. The van der Waals surface area contributed by atoms with Gasteiger partial charge >= 0.3 is 5.97 Å². The Morgan fingerprint density at radius 3 is 2.90 bits per heavy atom. The third-order valence-corrected chi connectivity index (χ3v) is 3.34. The molecule has 7 nitrogen and oxygen atoms in total. The molecule has 0 spiro atoms. The van der Waals surface area contributed by atoms with Gasteiger partial charge in [-0.1, -0.05) is 23.9 Å². The van der Waals surface area contributed by atoms with Crippen LogP contribution in [0.2, 0.25) is 0 Å². The van der Waals surface area contributed by atoms with Crippen LogP contribution < -0.4 is 10.6 Å². The molecule has 1 heterocycles. The van der Waals surface area contributed by atoms with Crippen molar-refractivity contribution in [1.29, 1.82) is 0 Å². The van der Waals surface area contributed by atoms with Crippen molar-refractivity contribution in [3.8, 4) is 17.1 Å². The van der Waals surface area contributed by atoms with Crippen LogP contribution in [0, 0.1) is 0 Å². The lowest BCUT2D eigenvalue weighted by Gasteiger charge is -2.09. The zero-order valence-corrected chi connectivity index (χ0v) is 11.6. The van der Waals surface area contributed by atoms with Gasteiger partial charge in [0.1, 0.15) is 5.75 Å². The Morgan fingerprint density at radius 2 is 2.20 bits per heavy atom. The van der Waals surface area contributed by atoms with Crippen LogP contribution in [-0.4, -0.2) is 38.3 Å². The molecule has 1 aromatic heterocycles. The quantitative estimate of drug-likeness (QED) is 0.610. The molecule has 0 aliphatic heterocycles. The van der Waals surface area contributed by atoms with Crippen LogP contribution in [-0.2, 0) is 4.79 Å². The van der Waals surface area contributed by atoms with Gasteiger partial charge in [-0.2, -0.15) is 0 Å². The summed E-state index contributed by atoms with van der Waals surface area (Å²) in [6.45, 7) is 2.41. The number of rotatable bonds is 6. The van der Waals surface area contributed by atoms with Gasteiger partial charge in [0, 0.05) is 0 Å². The molecular weight excluding hydrogens is 280 g/mol. The Labute approximate surface area is 119 Å². The summed E-state index contributed by atoms with van der Waals surface area (Å²) in [4.78, 5) is 10.6. The zero-order chi connectivity index (χ0) is 14.5. The first-order valence-electron chi connectivity index (χ1n) is 5.90. The summed E-state index contributed by atoms with van der Waals surface area (Å²) in [5.74, 6) is 5.94. The monoisotopic (exact) mass is 294 g/mol. The molecule has 0 saturated heterocycles. The first-order chi connectivity index (χ1) is 9.63. The van der Waals surface area contributed by atoms with Crippen LogP contribution in [0.15, 0.2) is 29.4 Å². The van der Waals surface area contributed by atoms with E-state index in [0.29, 0.717) is 28.9 Å². The molecule has 0 atom stereocenters. The second-order valence-electron chi connectivity index (χ2n) is 3.79. The maximum absolute atomic E-state index is 10.6. The van der Waals surface area contributed by atoms with Crippen LogP contribution >= 0.6 is 11.8 Å². The molecule has 1 aromatic carbocycles. The largest absolute Gasteiger partial charge is 0.493 e. The van der Waals surface area contributed by atoms with Gasteiger partial charge in [-0.15, -0.1) is 10.2 Å². The highest BCUT2D eigenvalue weighted by molar-refractivity contribution is 7.99. The number of hydrogen-bond donors (Lipinski definition) is 2. The Balaban J connectivity index is 2.32. The van der Waals surface area contributed by atoms with Gasteiger partial charge in [-0.05, 0) is 19.1 Å². The fourth-order valence-corrected chi connectivity index (χ4v) is 2.19. The third-order valence-electron chi connectivity index (χ3n) is 2.42. The molecule has 0 amide bonds. The highest BCUT2D eigenvalue weighted by Crippen LogP contribution is 2.29. The summed E-state index contributed by atoms with van der Waals surface area (Å²) in [6.07, 6.45) is 0. The van der Waals surface area contributed by atoms with Gasteiger partial charge in [-0.25, -0.2) is 4.68 Å². The predicted molar refractivity (Wildman–Crippen MR) is 75.1 cm³/mol. The van der Waals surface area contributed by atoms with E-state index in [1.165, 1.54) is 4.68 Å². The van der Waals surface area contributed by atoms with E-state index in [9.17, 15) is 4.79 Å². The average molecular weight is 294 g/mol. The third kappa shape index (κ3) is 3.02. The molecule has 3 N–H and O–H groups in total. The number of nitrogens with zero attached hydrogens (tertiary/aromatic N) is 3. The maximum Gasteiger partial charge on any atom is 0.313 e. The number of carboxylic acid groups (broad SMARTS) is 1. The number of hydrogen-bond acceptors (Lipinski definition) is 6. The molecule has 0 bridgehead atoms. The van der Waals surface area contributed by atoms with E-state index in [4.69, 9.17) is 15.7 Å². The number of para-hydroxylation sites is 1. The Kier molecular flexibility index (Phi) is 4.46. The molecule has 0 unspecified atom stereocenters. The average Bonchev–Trinajstić information content (AvgIpc) is 2.79. The van der Waals surface area contributed by atoms with Gasteiger partial charge in [0.2, 0.25) is 5.16 Å². The summed E-state index contributed by atoms with van der Waals surface area (Å²) in [5, 5.41) is 16.9. The number of nitrogen functional groups attached to an aromatic ring is 1. The van der Waals surface area contributed by atoms with Crippen LogP contribution in [0.1, 0.15) is 6.92 Å². The lowest BCUT2D eigenvalue weighted by Crippen LogP contribution is -2.13. The Hall–Kier alpha value is -2.22. The van der Waals surface area contributed by atoms with E-state index in [-0.39, 0.29) is 5.75 Å². The van der Waals surface area contributed by atoms with E-state index in [0.717, 1.165) is 11.8 Å². The number of nitrogens with two attached hydrogens (primary N) is 1. The second-order valence-corrected chi connectivity index (χ2v) is 4.73. The second kappa shape index (κ2) is 6.29. The molecule has 20 heavy (non-hydrogen) atoms. The summed E-state index contributed by atoms with van der Waals surface area (Å²) >= 11 is 1.01. The number of aliphatic carboxylic acids is 1. The first-order valence-corrected chi connectivity index (χ1v) is 6.89. The molecule has 0 saturated carbocycles. The van der Waals surface area contributed by atoms with Crippen LogP contribution in [0.3, 0.4) is 0 Å². The minimum atomic E-state index is -0.936. The van der Waals surface area contributed by atoms with Crippen molar-refractivity contribution in [3.05, 3.63) is 24.3 Å². The molecule has 8 heteroatoms. The fourth-order valence-electron chi connectivity index (χ4n) is 1.62. The summed E-state index contributed by atoms with van der Waals surface area (Å²) in [5.41, 5.74) is 0.714. The van der Waals surface area contributed by atoms with E-state index in [2.05, 4.69) is 10.2 Å². The SMILES string of the molecule is CCOc1ccccc1-c1nnc(SCC(=O)O)n1N. The minimum absolute atomic E-state index is 0.123. The summed E-state index contributed by atoms with van der Waals surface area (Å²) in [6, 6.07) is 7.34. The molecular formula is C12H14N4O3S. The summed E-state index contributed by atoms with van der Waals surface area (Å²) in [7, 11) is 0. The molecule has 0 radical (unpaired) electrons. The molecule has 0 fully saturated rings. The number of carboxylic acids is 1. The Morgan fingerprint density at radius 1 is 1.45 bits per heavy atom. The van der Waals surface area contributed by atoms with Gasteiger partial charge in [0.25, 0.3) is 0 Å². The van der Waals surface area contributed by atoms with E-state index in [1.807, 2.05) is 31.2 Å². The lowest BCUT2D eigenvalue weighted by atomic mass is 10.2. The van der Waals surface area contributed by atoms with Crippen molar-refractivity contribution in [2.45, 2.75) is 12.1 Å². The van der Waals surface area contributed by atoms with Gasteiger partial charge in [0.05, 0.1) is 17.9 Å². The van der Waals surface area contributed by atoms with Crippen molar-refractivity contribution in [2.24, 2.45) is 0 Å². The van der Waals surface area contributed by atoms with Crippen LogP contribution in [0.5, 0.6) is 5.75 Å². The number of benzene rings is 1. The van der Waals surface area contributed by atoms with Crippen LogP contribution in [0.4, 0.5) is 0 Å². The van der Waals surface area contributed by atoms with Crippen molar-refractivity contribution >= 4 is 17.7 Å². The van der Waals surface area contributed by atoms with Crippen LogP contribution in [0.25, 0.3) is 11.4 Å². The number of ether oxygens (including phenoxy) is 1. The number of aromatic nitrogens is 3. The van der Waals surface area contributed by atoms with Crippen molar-refractivity contribution in [1.82, 2.24) is 14.9 Å². The van der Waals surface area contributed by atoms with E-state index >= 15 is 0 Å². The molecule has 106 valence electrons. The van der Waals surface area contributed by atoms with Crippen molar-refractivity contribution < 1.29 is 14.6 Å². The lowest BCUT2D eigenvalue weighted by molar-refractivity contribution is -0.133. The predicted octanol–water partition coefficient (Wildman–Crippen LogP) is 1.23. The van der Waals surface area contributed by atoms with Crippen molar-refractivity contribution in [2.75, 3.05) is 18.2 Å². The first kappa shape index (κ1) is 14.2. The zero-order valence-electron chi connectivity index (χ0n) is 10.8. The van der Waals surface area contributed by atoms with E-state index < -0.39 is 5.97 Å². The van der Waals surface area contributed by atoms with Gasteiger partial charge in [0.15, 0.2) is 5.82 Å². The molecule has 0 aliphatic rings. The van der Waals surface area contributed by atoms with Gasteiger partial charge in [-0.3, -0.25) is 4.79 Å². The van der Waals surface area contributed by atoms with E-state index in [1.54, 1.807) is 0 Å². The smallest absolute Gasteiger partial charge is 0.313 e. The van der Waals surface area contributed by atoms with Crippen molar-refractivity contribution in [3.63, 3.8) is 0 Å². The summed E-state index contributed by atoms with van der Waals surface area (Å²) < 4.78 is 6.79. The molecule has 0 aliphatic carbocycles. The normalized spacial score (nSPS) is 10.4. The number of thioether (sulfide) groups is 1. The maximum atomic E-state index is 10.6. The highest BCUT2D eigenvalue weighted by Gasteiger charge is 2.16. The molecule has 2 rings (SSSR count). The minimum Gasteiger partial charge on any atom is -0.493 e. The molecule has 2 aromatic rings. The Bertz CT molecular complexity index is 614. The standard InChI is InChI=1S/C12H14N4O3S/c1-2-19-9-6-4-3-5-8(9)11-14-15-12(16(11)13)20-7-10(17)18/h3-6H,2,7,13H2,1H3,(H,17,18). The fraction of sp³-hybridized carbons (Fsp3) is 0.250.